The van der Waals surface area contributed by atoms with E-state index in [9.17, 15) is 13.2 Å². The summed E-state index contributed by atoms with van der Waals surface area (Å²) in [5.74, 6) is 0.584. The summed E-state index contributed by atoms with van der Waals surface area (Å²) in [6.07, 6.45) is 3.96. The van der Waals surface area contributed by atoms with E-state index in [1.165, 1.54) is 16.8 Å². The molecule has 0 bridgehead atoms. The Hall–Kier alpha value is -2.39. The third-order valence-electron chi connectivity index (χ3n) is 4.81. The smallest absolute Gasteiger partial charge is 0.262 e. The standard InChI is InChI=1S/C19H26N4O4S/c1-3-27-17-6-4-15(5-7-17)12-20-19(24)16-8-10-23(11-9-16)28(25,26)18-13-22(2)14-21-18/h4-7,13-14,16H,3,8-12H2,1-2H3,(H,20,24). The summed E-state index contributed by atoms with van der Waals surface area (Å²) in [7, 11) is -1.87. The van der Waals surface area contributed by atoms with Crippen molar-refractivity contribution < 1.29 is 17.9 Å². The predicted octanol–water partition coefficient (Wildman–Crippen LogP) is 1.54. The second-order valence-electron chi connectivity index (χ2n) is 6.85. The molecule has 1 fully saturated rings. The number of hydrogen-bond acceptors (Lipinski definition) is 5. The average Bonchev–Trinajstić information content (AvgIpc) is 3.15. The molecular weight excluding hydrogens is 380 g/mol. The van der Waals surface area contributed by atoms with Crippen LogP contribution in [0.15, 0.2) is 41.8 Å². The number of nitrogens with one attached hydrogen (secondary N) is 1. The van der Waals surface area contributed by atoms with E-state index in [1.54, 1.807) is 11.6 Å². The van der Waals surface area contributed by atoms with Gasteiger partial charge in [-0.3, -0.25) is 4.79 Å². The van der Waals surface area contributed by atoms with Gasteiger partial charge in [0.25, 0.3) is 10.0 Å². The molecule has 0 spiro atoms. The maximum Gasteiger partial charge on any atom is 0.262 e. The van der Waals surface area contributed by atoms with Crippen LogP contribution in [-0.4, -0.2) is 47.9 Å². The van der Waals surface area contributed by atoms with Crippen molar-refractivity contribution >= 4 is 15.9 Å². The number of imidazole rings is 1. The zero-order chi connectivity index (χ0) is 20.1. The van der Waals surface area contributed by atoms with Gasteiger partial charge in [0, 0.05) is 38.8 Å². The van der Waals surface area contributed by atoms with Crippen LogP contribution < -0.4 is 10.1 Å². The van der Waals surface area contributed by atoms with Gasteiger partial charge in [-0.15, -0.1) is 0 Å². The normalized spacial score (nSPS) is 16.1. The van der Waals surface area contributed by atoms with Crippen LogP contribution in [0.2, 0.25) is 0 Å². The SMILES string of the molecule is CCOc1ccc(CNC(=O)C2CCN(S(=O)(=O)c3cn(C)cn3)CC2)cc1. The third kappa shape index (κ3) is 4.71. The average molecular weight is 407 g/mol. The molecule has 1 aromatic heterocycles. The van der Waals surface area contributed by atoms with Crippen molar-refractivity contribution in [2.24, 2.45) is 13.0 Å². The summed E-state index contributed by atoms with van der Waals surface area (Å²) < 4.78 is 33.6. The van der Waals surface area contributed by atoms with Crippen LogP contribution >= 0.6 is 0 Å². The molecule has 8 nitrogen and oxygen atoms in total. The molecule has 1 aliphatic rings. The molecule has 28 heavy (non-hydrogen) atoms. The van der Waals surface area contributed by atoms with Crippen LogP contribution in [0.5, 0.6) is 5.75 Å². The molecule has 1 amide bonds. The van der Waals surface area contributed by atoms with Crippen LogP contribution in [-0.2, 0) is 28.4 Å². The minimum atomic E-state index is -3.60. The lowest BCUT2D eigenvalue weighted by Crippen LogP contribution is -2.42. The van der Waals surface area contributed by atoms with Crippen LogP contribution in [0.25, 0.3) is 0 Å². The minimum absolute atomic E-state index is 0.0382. The van der Waals surface area contributed by atoms with Crippen LogP contribution in [0.3, 0.4) is 0 Å². The first-order valence-corrected chi connectivity index (χ1v) is 10.8. The second-order valence-corrected chi connectivity index (χ2v) is 8.74. The largest absolute Gasteiger partial charge is 0.494 e. The molecule has 0 saturated carbocycles. The number of rotatable bonds is 7. The van der Waals surface area contributed by atoms with Gasteiger partial charge in [0.2, 0.25) is 5.91 Å². The number of ether oxygens (including phenoxy) is 1. The summed E-state index contributed by atoms with van der Waals surface area (Å²) in [4.78, 5) is 16.4. The topological polar surface area (TPSA) is 93.5 Å². The highest BCUT2D eigenvalue weighted by molar-refractivity contribution is 7.89. The highest BCUT2D eigenvalue weighted by Crippen LogP contribution is 2.23. The summed E-state index contributed by atoms with van der Waals surface area (Å²) in [6, 6.07) is 7.61. The molecule has 0 radical (unpaired) electrons. The number of aromatic nitrogens is 2. The fourth-order valence-corrected chi connectivity index (χ4v) is 4.65. The molecule has 1 aromatic carbocycles. The van der Waals surface area contributed by atoms with Crippen molar-refractivity contribution in [2.45, 2.75) is 31.3 Å². The monoisotopic (exact) mass is 406 g/mol. The van der Waals surface area contributed by atoms with Gasteiger partial charge in [-0.25, -0.2) is 13.4 Å². The summed E-state index contributed by atoms with van der Waals surface area (Å²) in [5, 5.41) is 2.99. The van der Waals surface area contributed by atoms with E-state index in [0.717, 1.165) is 11.3 Å². The third-order valence-corrected chi connectivity index (χ3v) is 6.60. The maximum absolute atomic E-state index is 12.6. The fraction of sp³-hybridized carbons (Fsp3) is 0.474. The number of sulfonamides is 1. The van der Waals surface area contributed by atoms with Gasteiger partial charge in [-0.05, 0) is 37.5 Å². The van der Waals surface area contributed by atoms with Gasteiger partial charge in [-0.2, -0.15) is 4.31 Å². The first-order valence-electron chi connectivity index (χ1n) is 9.37. The van der Waals surface area contributed by atoms with Crippen LogP contribution in [0.4, 0.5) is 0 Å². The highest BCUT2D eigenvalue weighted by Gasteiger charge is 2.33. The number of aryl methyl sites for hydroxylation is 1. The Bertz CT molecular complexity index is 900. The van der Waals surface area contributed by atoms with E-state index in [1.807, 2.05) is 31.2 Å². The molecule has 1 aliphatic heterocycles. The van der Waals surface area contributed by atoms with Crippen molar-refractivity contribution in [1.82, 2.24) is 19.2 Å². The van der Waals surface area contributed by atoms with Gasteiger partial charge in [0.15, 0.2) is 5.03 Å². The van der Waals surface area contributed by atoms with Gasteiger partial charge >= 0.3 is 0 Å². The minimum Gasteiger partial charge on any atom is -0.494 e. The predicted molar refractivity (Wildman–Crippen MR) is 104 cm³/mol. The quantitative estimate of drug-likeness (QED) is 0.753. The Morgan fingerprint density at radius 3 is 2.50 bits per heavy atom. The van der Waals surface area contributed by atoms with E-state index in [2.05, 4.69) is 10.3 Å². The van der Waals surface area contributed by atoms with Crippen LogP contribution in [0, 0.1) is 5.92 Å². The molecular formula is C19H26N4O4S. The van der Waals surface area contributed by atoms with E-state index in [-0.39, 0.29) is 16.9 Å². The number of benzene rings is 1. The van der Waals surface area contributed by atoms with E-state index in [4.69, 9.17) is 4.74 Å². The number of carbonyl (C=O) groups excluding carboxylic acids is 1. The van der Waals surface area contributed by atoms with Crippen molar-refractivity contribution in [3.63, 3.8) is 0 Å². The Morgan fingerprint density at radius 2 is 1.93 bits per heavy atom. The molecule has 2 heterocycles. The Labute approximate surface area is 165 Å². The summed E-state index contributed by atoms with van der Waals surface area (Å²) in [5.41, 5.74) is 0.993. The lowest BCUT2D eigenvalue weighted by molar-refractivity contribution is -0.126. The van der Waals surface area contributed by atoms with Crippen molar-refractivity contribution in [2.75, 3.05) is 19.7 Å². The van der Waals surface area contributed by atoms with Crippen molar-refractivity contribution in [1.29, 1.82) is 0 Å². The lowest BCUT2D eigenvalue weighted by atomic mass is 9.97. The van der Waals surface area contributed by atoms with Gasteiger partial charge in [0.1, 0.15) is 5.75 Å². The molecule has 0 aliphatic carbocycles. The first-order chi connectivity index (χ1) is 13.4. The lowest BCUT2D eigenvalue weighted by Gasteiger charge is -2.29. The van der Waals surface area contributed by atoms with Crippen molar-refractivity contribution in [3.05, 3.63) is 42.4 Å². The van der Waals surface area contributed by atoms with Gasteiger partial charge in [-0.1, -0.05) is 12.1 Å². The number of piperidine rings is 1. The van der Waals surface area contributed by atoms with Gasteiger partial charge in [0.05, 0.1) is 12.9 Å². The fourth-order valence-electron chi connectivity index (χ4n) is 3.22. The maximum atomic E-state index is 12.6. The zero-order valence-corrected chi connectivity index (χ0v) is 17.0. The molecule has 3 rings (SSSR count). The second kappa shape index (κ2) is 8.74. The van der Waals surface area contributed by atoms with Crippen molar-refractivity contribution in [3.8, 4) is 5.75 Å². The van der Waals surface area contributed by atoms with Gasteiger partial charge < -0.3 is 14.6 Å². The molecule has 0 unspecified atom stereocenters. The molecule has 1 N–H and O–H groups in total. The number of carbonyl (C=O) groups is 1. The Kier molecular flexibility index (Phi) is 6.35. The number of nitrogens with zero attached hydrogens (tertiary/aromatic N) is 3. The Morgan fingerprint density at radius 1 is 1.25 bits per heavy atom. The molecule has 0 atom stereocenters. The van der Waals surface area contributed by atoms with Crippen LogP contribution in [0.1, 0.15) is 25.3 Å². The highest BCUT2D eigenvalue weighted by atomic mass is 32.2. The number of amides is 1. The molecule has 2 aromatic rings. The molecule has 9 heteroatoms. The number of hydrogen-bond donors (Lipinski definition) is 1. The first kappa shape index (κ1) is 20.3. The summed E-state index contributed by atoms with van der Waals surface area (Å²) in [6.45, 7) is 3.63. The zero-order valence-electron chi connectivity index (χ0n) is 16.2. The van der Waals surface area contributed by atoms with E-state index in [0.29, 0.717) is 39.1 Å². The van der Waals surface area contributed by atoms with E-state index < -0.39 is 10.0 Å². The summed E-state index contributed by atoms with van der Waals surface area (Å²) >= 11 is 0. The molecule has 152 valence electrons. The van der Waals surface area contributed by atoms with E-state index >= 15 is 0 Å². The Balaban J connectivity index is 1.49. The molecule has 1 saturated heterocycles.